The lowest BCUT2D eigenvalue weighted by Gasteiger charge is -2.10. The molecular formula is C15H13ClFNO3S. The summed E-state index contributed by atoms with van der Waals surface area (Å²) in [4.78, 5) is 11.9. The second kappa shape index (κ2) is 6.06. The third-order valence-electron chi connectivity index (χ3n) is 2.99. The lowest BCUT2D eigenvalue weighted by atomic mass is 10.0. The van der Waals surface area contributed by atoms with Crippen molar-refractivity contribution in [2.45, 2.75) is 6.92 Å². The molecule has 0 spiro atoms. The minimum absolute atomic E-state index is 0.0748. The summed E-state index contributed by atoms with van der Waals surface area (Å²) in [7, 11) is -3.68. The molecule has 0 aromatic heterocycles. The molecule has 0 aliphatic heterocycles. The number of sulfonamides is 1. The van der Waals surface area contributed by atoms with E-state index in [4.69, 9.17) is 11.6 Å². The highest BCUT2D eigenvalue weighted by Gasteiger charge is 2.16. The number of hydrogen-bond donors (Lipinski definition) is 1. The molecule has 0 saturated carbocycles. The highest BCUT2D eigenvalue weighted by Crippen LogP contribution is 2.31. The zero-order chi connectivity index (χ0) is 16.5. The number of aryl methyl sites for hydroxylation is 1. The first kappa shape index (κ1) is 16.5. The monoisotopic (exact) mass is 341 g/mol. The largest absolute Gasteiger partial charge is 0.268 e. The van der Waals surface area contributed by atoms with Crippen molar-refractivity contribution < 1.29 is 17.6 Å². The van der Waals surface area contributed by atoms with Crippen molar-refractivity contribution in [1.82, 2.24) is 4.72 Å². The molecule has 1 amide bonds. The van der Waals surface area contributed by atoms with Crippen molar-refractivity contribution in [2.24, 2.45) is 0 Å². The Morgan fingerprint density at radius 3 is 2.50 bits per heavy atom. The summed E-state index contributed by atoms with van der Waals surface area (Å²) in [6.07, 6.45) is 0.877. The lowest BCUT2D eigenvalue weighted by molar-refractivity contribution is 0.0981. The quantitative estimate of drug-likeness (QED) is 0.932. The molecule has 2 rings (SSSR count). The first-order valence-electron chi connectivity index (χ1n) is 6.26. The summed E-state index contributed by atoms with van der Waals surface area (Å²) >= 11 is 6.08. The molecular weight excluding hydrogens is 329 g/mol. The molecule has 0 bridgehead atoms. The number of halogens is 2. The third-order valence-corrected chi connectivity index (χ3v) is 3.87. The molecule has 22 heavy (non-hydrogen) atoms. The maximum Gasteiger partial charge on any atom is 0.264 e. The van der Waals surface area contributed by atoms with Crippen LogP contribution in [0.4, 0.5) is 4.39 Å². The average molecular weight is 342 g/mol. The highest BCUT2D eigenvalue weighted by atomic mass is 35.5. The van der Waals surface area contributed by atoms with Crippen molar-refractivity contribution in [3.05, 3.63) is 58.4 Å². The van der Waals surface area contributed by atoms with E-state index in [1.807, 2.05) is 4.72 Å². The summed E-state index contributed by atoms with van der Waals surface area (Å²) in [6.45, 7) is 1.62. The van der Waals surface area contributed by atoms with E-state index in [1.54, 1.807) is 25.1 Å². The molecule has 2 aromatic rings. The third kappa shape index (κ3) is 3.64. The predicted molar refractivity (Wildman–Crippen MR) is 83.9 cm³/mol. The Kier molecular flexibility index (Phi) is 4.53. The van der Waals surface area contributed by atoms with E-state index in [0.29, 0.717) is 11.1 Å². The van der Waals surface area contributed by atoms with Gasteiger partial charge in [-0.25, -0.2) is 17.5 Å². The Bertz CT molecular complexity index is 850. The van der Waals surface area contributed by atoms with E-state index in [2.05, 4.69) is 0 Å². The molecule has 0 radical (unpaired) electrons. The predicted octanol–water partition coefficient (Wildman–Crippen LogP) is 3.14. The van der Waals surface area contributed by atoms with E-state index in [9.17, 15) is 17.6 Å². The molecule has 0 heterocycles. The van der Waals surface area contributed by atoms with Gasteiger partial charge < -0.3 is 0 Å². The van der Waals surface area contributed by atoms with Gasteiger partial charge in [-0.3, -0.25) is 4.79 Å². The summed E-state index contributed by atoms with van der Waals surface area (Å²) in [5, 5.41) is 0.264. The fourth-order valence-corrected chi connectivity index (χ4v) is 2.63. The van der Waals surface area contributed by atoms with E-state index in [1.165, 1.54) is 18.2 Å². The summed E-state index contributed by atoms with van der Waals surface area (Å²) in [6, 6.07) is 9.00. The minimum atomic E-state index is -3.68. The van der Waals surface area contributed by atoms with Gasteiger partial charge in [-0.15, -0.1) is 0 Å². The van der Waals surface area contributed by atoms with Crippen LogP contribution in [0.15, 0.2) is 36.4 Å². The zero-order valence-electron chi connectivity index (χ0n) is 11.9. The van der Waals surface area contributed by atoms with Crippen LogP contribution in [0.25, 0.3) is 11.1 Å². The average Bonchev–Trinajstić information content (AvgIpc) is 2.41. The van der Waals surface area contributed by atoms with Crippen molar-refractivity contribution in [1.29, 1.82) is 0 Å². The molecule has 0 atom stereocenters. The van der Waals surface area contributed by atoms with Gasteiger partial charge in [0.15, 0.2) is 0 Å². The Hall–Kier alpha value is -1.92. The molecule has 116 valence electrons. The van der Waals surface area contributed by atoms with Gasteiger partial charge in [0.05, 0.1) is 6.26 Å². The molecule has 0 aliphatic carbocycles. The van der Waals surface area contributed by atoms with Crippen molar-refractivity contribution >= 4 is 27.5 Å². The normalized spacial score (nSPS) is 11.3. The first-order chi connectivity index (χ1) is 10.2. The Morgan fingerprint density at radius 2 is 1.86 bits per heavy atom. The molecule has 0 unspecified atom stereocenters. The smallest absolute Gasteiger partial charge is 0.264 e. The number of carbonyl (C=O) groups excluding carboxylic acids is 1. The maximum atomic E-state index is 14.2. The van der Waals surface area contributed by atoms with Gasteiger partial charge in [0.25, 0.3) is 5.91 Å². The molecule has 7 heteroatoms. The molecule has 2 aromatic carbocycles. The Morgan fingerprint density at radius 1 is 1.18 bits per heavy atom. The maximum absolute atomic E-state index is 14.2. The number of rotatable bonds is 3. The van der Waals surface area contributed by atoms with Crippen LogP contribution in [-0.4, -0.2) is 20.6 Å². The topological polar surface area (TPSA) is 63.2 Å². The van der Waals surface area contributed by atoms with Crippen molar-refractivity contribution in [3.63, 3.8) is 0 Å². The summed E-state index contributed by atoms with van der Waals surface area (Å²) in [5.41, 5.74) is 1.09. The second-order valence-electron chi connectivity index (χ2n) is 4.83. The van der Waals surface area contributed by atoms with Crippen LogP contribution in [0.5, 0.6) is 0 Å². The van der Waals surface area contributed by atoms with Gasteiger partial charge in [-0.05, 0) is 30.7 Å². The van der Waals surface area contributed by atoms with Crippen molar-refractivity contribution in [3.8, 4) is 11.1 Å². The highest BCUT2D eigenvalue weighted by molar-refractivity contribution is 7.89. The van der Waals surface area contributed by atoms with E-state index < -0.39 is 21.7 Å². The van der Waals surface area contributed by atoms with Crippen LogP contribution in [0.2, 0.25) is 5.02 Å². The number of amides is 1. The van der Waals surface area contributed by atoms with Gasteiger partial charge >= 0.3 is 0 Å². The molecule has 0 aliphatic rings. The Balaban J connectivity index is 2.52. The van der Waals surface area contributed by atoms with Gasteiger partial charge in [0.1, 0.15) is 5.82 Å². The van der Waals surface area contributed by atoms with Gasteiger partial charge in [0.2, 0.25) is 10.0 Å². The minimum Gasteiger partial charge on any atom is -0.268 e. The SMILES string of the molecule is Cc1cccc(-c2cc(C(=O)NS(C)(=O)=O)ccc2Cl)c1F. The van der Waals surface area contributed by atoms with E-state index in [0.717, 1.165) is 6.26 Å². The van der Waals surface area contributed by atoms with E-state index >= 15 is 0 Å². The summed E-state index contributed by atoms with van der Waals surface area (Å²) < 4.78 is 38.3. The van der Waals surface area contributed by atoms with E-state index in [-0.39, 0.29) is 16.1 Å². The van der Waals surface area contributed by atoms with Crippen LogP contribution in [0.1, 0.15) is 15.9 Å². The molecule has 0 saturated heterocycles. The van der Waals surface area contributed by atoms with Crippen LogP contribution >= 0.6 is 11.6 Å². The standard InChI is InChI=1S/C15H13ClFNO3S/c1-9-4-3-5-11(14(9)17)12-8-10(6-7-13(12)16)15(19)18-22(2,20)21/h3-8H,1-2H3,(H,18,19). The Labute approximate surface area is 133 Å². The van der Waals surface area contributed by atoms with Crippen LogP contribution in [0, 0.1) is 12.7 Å². The fourth-order valence-electron chi connectivity index (χ4n) is 1.96. The zero-order valence-corrected chi connectivity index (χ0v) is 13.4. The fraction of sp³-hybridized carbons (Fsp3) is 0.133. The molecule has 4 nitrogen and oxygen atoms in total. The number of nitrogens with one attached hydrogen (secondary N) is 1. The van der Waals surface area contributed by atoms with Crippen LogP contribution < -0.4 is 4.72 Å². The molecule has 0 fully saturated rings. The van der Waals surface area contributed by atoms with Gasteiger partial charge in [0, 0.05) is 21.7 Å². The number of carbonyl (C=O) groups is 1. The second-order valence-corrected chi connectivity index (χ2v) is 6.99. The van der Waals surface area contributed by atoms with Gasteiger partial charge in [-0.2, -0.15) is 0 Å². The van der Waals surface area contributed by atoms with Crippen LogP contribution in [-0.2, 0) is 10.0 Å². The molecule has 1 N–H and O–H groups in total. The number of benzene rings is 2. The van der Waals surface area contributed by atoms with Gasteiger partial charge in [-0.1, -0.05) is 29.8 Å². The summed E-state index contributed by atoms with van der Waals surface area (Å²) in [5.74, 6) is -1.24. The lowest BCUT2D eigenvalue weighted by Crippen LogP contribution is -2.29. The number of hydrogen-bond acceptors (Lipinski definition) is 3. The van der Waals surface area contributed by atoms with Crippen molar-refractivity contribution in [2.75, 3.05) is 6.26 Å². The van der Waals surface area contributed by atoms with Crippen LogP contribution in [0.3, 0.4) is 0 Å². The first-order valence-corrected chi connectivity index (χ1v) is 8.53.